The molecule has 0 saturated carbocycles. The minimum Gasteiger partial charge on any atom is -0.394 e. The first-order chi connectivity index (χ1) is 7.71. The van der Waals surface area contributed by atoms with Crippen LogP contribution in [0.25, 0.3) is 0 Å². The average Bonchev–Trinajstić information content (AvgIpc) is 2.31. The quantitative estimate of drug-likeness (QED) is 0.645. The van der Waals surface area contributed by atoms with Crippen molar-refractivity contribution in [2.24, 2.45) is 0 Å². The van der Waals surface area contributed by atoms with E-state index in [1.54, 1.807) is 20.4 Å². The minimum atomic E-state index is -0.164. The number of hydrogen-bond acceptors (Lipinski definition) is 6. The molecule has 0 amide bonds. The highest BCUT2D eigenvalue weighted by Gasteiger charge is 2.10. The number of rotatable bonds is 6. The van der Waals surface area contributed by atoms with Gasteiger partial charge in [-0.2, -0.15) is 4.98 Å². The molecule has 0 saturated heterocycles. The Bertz CT molecular complexity index is 333. The predicted molar refractivity (Wildman–Crippen MR) is 62.7 cm³/mol. The van der Waals surface area contributed by atoms with Gasteiger partial charge < -0.3 is 20.5 Å². The third-order valence-corrected chi connectivity index (χ3v) is 2.12. The molecule has 0 fully saturated rings. The van der Waals surface area contributed by atoms with Gasteiger partial charge in [0.05, 0.1) is 19.3 Å². The van der Waals surface area contributed by atoms with Crippen molar-refractivity contribution in [3.8, 4) is 0 Å². The van der Waals surface area contributed by atoms with E-state index in [-0.39, 0.29) is 12.6 Å². The number of aliphatic hydroxyl groups is 1. The molecule has 1 aromatic heterocycles. The molecule has 0 spiro atoms. The van der Waals surface area contributed by atoms with Crippen molar-refractivity contribution in [1.29, 1.82) is 0 Å². The molecule has 0 aromatic carbocycles. The van der Waals surface area contributed by atoms with Crippen molar-refractivity contribution in [2.45, 2.75) is 13.0 Å². The summed E-state index contributed by atoms with van der Waals surface area (Å²) in [4.78, 5) is 8.34. The van der Waals surface area contributed by atoms with E-state index >= 15 is 0 Å². The van der Waals surface area contributed by atoms with Crippen molar-refractivity contribution in [2.75, 3.05) is 38.0 Å². The summed E-state index contributed by atoms with van der Waals surface area (Å²) >= 11 is 0. The van der Waals surface area contributed by atoms with Gasteiger partial charge in [0.15, 0.2) is 0 Å². The number of nitrogens with one attached hydrogen (secondary N) is 2. The van der Waals surface area contributed by atoms with Crippen LogP contribution in [0.15, 0.2) is 6.20 Å². The van der Waals surface area contributed by atoms with Crippen LogP contribution in [0.4, 0.5) is 11.8 Å². The van der Waals surface area contributed by atoms with E-state index in [1.165, 1.54) is 0 Å². The number of ether oxygens (including phenoxy) is 1. The van der Waals surface area contributed by atoms with Crippen LogP contribution < -0.4 is 10.6 Å². The number of methoxy groups -OCH3 is 1. The third kappa shape index (κ3) is 3.32. The first kappa shape index (κ1) is 12.7. The van der Waals surface area contributed by atoms with Crippen LogP contribution in [0.3, 0.4) is 0 Å². The minimum absolute atomic E-state index is 0.00777. The predicted octanol–water partition coefficient (Wildman–Crippen LogP) is 0.246. The SMILES string of the molecule is CNc1ncc(C)c(NC(CO)COC)n1. The maximum Gasteiger partial charge on any atom is 0.224 e. The van der Waals surface area contributed by atoms with Gasteiger partial charge in [-0.3, -0.25) is 0 Å². The molecule has 0 aliphatic carbocycles. The number of nitrogens with zero attached hydrogens (tertiary/aromatic N) is 2. The summed E-state index contributed by atoms with van der Waals surface area (Å²) in [6.07, 6.45) is 1.72. The van der Waals surface area contributed by atoms with Gasteiger partial charge in [-0.1, -0.05) is 0 Å². The molecule has 0 aliphatic heterocycles. The zero-order chi connectivity index (χ0) is 12.0. The standard InChI is InChI=1S/C10H18N4O2/c1-7-4-12-10(11-2)14-9(7)13-8(5-15)6-16-3/h4,8,15H,5-6H2,1-3H3,(H2,11,12,13,14). The van der Waals surface area contributed by atoms with Gasteiger partial charge in [-0.15, -0.1) is 0 Å². The van der Waals surface area contributed by atoms with E-state index < -0.39 is 0 Å². The van der Waals surface area contributed by atoms with Gasteiger partial charge in [0, 0.05) is 25.9 Å². The molecule has 1 aromatic rings. The van der Waals surface area contributed by atoms with Gasteiger partial charge in [-0.25, -0.2) is 4.98 Å². The normalized spacial score (nSPS) is 12.2. The fraction of sp³-hybridized carbons (Fsp3) is 0.600. The molecule has 16 heavy (non-hydrogen) atoms. The summed E-state index contributed by atoms with van der Waals surface area (Å²) in [7, 11) is 3.35. The summed E-state index contributed by atoms with van der Waals surface area (Å²) in [6, 6.07) is -0.164. The smallest absolute Gasteiger partial charge is 0.224 e. The molecule has 6 nitrogen and oxygen atoms in total. The summed E-state index contributed by atoms with van der Waals surface area (Å²) in [6.45, 7) is 2.32. The Kier molecular flexibility index (Phi) is 4.94. The lowest BCUT2D eigenvalue weighted by atomic mass is 10.3. The maximum absolute atomic E-state index is 9.13. The van der Waals surface area contributed by atoms with E-state index in [2.05, 4.69) is 20.6 Å². The Morgan fingerprint density at radius 3 is 2.88 bits per heavy atom. The first-order valence-corrected chi connectivity index (χ1v) is 5.09. The number of aliphatic hydroxyl groups excluding tert-OH is 1. The Labute approximate surface area is 95.1 Å². The van der Waals surface area contributed by atoms with Crippen LogP contribution >= 0.6 is 0 Å². The van der Waals surface area contributed by atoms with Crippen LogP contribution in [0.1, 0.15) is 5.56 Å². The molecule has 1 rings (SSSR count). The fourth-order valence-electron chi connectivity index (χ4n) is 1.24. The molecule has 1 heterocycles. The van der Waals surface area contributed by atoms with E-state index in [1.807, 2.05) is 6.92 Å². The van der Waals surface area contributed by atoms with Crippen molar-refractivity contribution in [3.63, 3.8) is 0 Å². The molecule has 0 bridgehead atoms. The summed E-state index contributed by atoms with van der Waals surface area (Å²) in [5, 5.41) is 15.1. The van der Waals surface area contributed by atoms with E-state index in [0.29, 0.717) is 18.4 Å². The molecule has 0 aliphatic rings. The highest BCUT2D eigenvalue weighted by molar-refractivity contribution is 5.46. The molecule has 1 unspecified atom stereocenters. The van der Waals surface area contributed by atoms with Gasteiger partial charge in [0.2, 0.25) is 5.95 Å². The Hall–Kier alpha value is -1.40. The second-order valence-corrected chi connectivity index (χ2v) is 3.45. The second-order valence-electron chi connectivity index (χ2n) is 3.45. The van der Waals surface area contributed by atoms with Gasteiger partial charge >= 0.3 is 0 Å². The molecule has 6 heteroatoms. The lowest BCUT2D eigenvalue weighted by Gasteiger charge is -2.17. The van der Waals surface area contributed by atoms with Crippen molar-refractivity contribution < 1.29 is 9.84 Å². The van der Waals surface area contributed by atoms with Crippen molar-refractivity contribution >= 4 is 11.8 Å². The monoisotopic (exact) mass is 226 g/mol. The van der Waals surface area contributed by atoms with Gasteiger partial charge in [0.1, 0.15) is 5.82 Å². The topological polar surface area (TPSA) is 79.3 Å². The largest absolute Gasteiger partial charge is 0.394 e. The molecular weight excluding hydrogens is 208 g/mol. The van der Waals surface area contributed by atoms with E-state index in [0.717, 1.165) is 5.56 Å². The van der Waals surface area contributed by atoms with Crippen LogP contribution in [0.5, 0.6) is 0 Å². The van der Waals surface area contributed by atoms with Gasteiger partial charge in [0.25, 0.3) is 0 Å². The maximum atomic E-state index is 9.13. The zero-order valence-electron chi connectivity index (χ0n) is 9.82. The van der Waals surface area contributed by atoms with E-state index in [9.17, 15) is 0 Å². The van der Waals surface area contributed by atoms with Gasteiger partial charge in [-0.05, 0) is 6.92 Å². The number of hydrogen-bond donors (Lipinski definition) is 3. The number of aryl methyl sites for hydroxylation is 1. The summed E-state index contributed by atoms with van der Waals surface area (Å²) in [5.41, 5.74) is 0.925. The number of anilines is 2. The van der Waals surface area contributed by atoms with E-state index in [4.69, 9.17) is 9.84 Å². The molecule has 3 N–H and O–H groups in total. The molecule has 1 atom stereocenters. The Morgan fingerprint density at radius 1 is 1.56 bits per heavy atom. The third-order valence-electron chi connectivity index (χ3n) is 2.12. The first-order valence-electron chi connectivity index (χ1n) is 5.09. The fourth-order valence-corrected chi connectivity index (χ4v) is 1.24. The highest BCUT2D eigenvalue weighted by Crippen LogP contribution is 2.13. The number of aromatic nitrogens is 2. The molecule has 90 valence electrons. The van der Waals surface area contributed by atoms with Crippen molar-refractivity contribution in [3.05, 3.63) is 11.8 Å². The Morgan fingerprint density at radius 2 is 2.31 bits per heavy atom. The van der Waals surface area contributed by atoms with Crippen LogP contribution in [-0.4, -0.2) is 48.5 Å². The van der Waals surface area contributed by atoms with Crippen molar-refractivity contribution in [1.82, 2.24) is 9.97 Å². The summed E-state index contributed by atoms with van der Waals surface area (Å²) < 4.78 is 4.98. The lowest BCUT2D eigenvalue weighted by molar-refractivity contribution is 0.153. The highest BCUT2D eigenvalue weighted by atomic mass is 16.5. The summed E-state index contributed by atoms with van der Waals surface area (Å²) in [5.74, 6) is 1.25. The van der Waals surface area contributed by atoms with Crippen LogP contribution in [0, 0.1) is 6.92 Å². The van der Waals surface area contributed by atoms with Crippen LogP contribution in [-0.2, 0) is 4.74 Å². The average molecular weight is 226 g/mol. The molecule has 0 radical (unpaired) electrons. The molecular formula is C10H18N4O2. The Balaban J connectivity index is 2.77. The van der Waals surface area contributed by atoms with Crippen LogP contribution in [0.2, 0.25) is 0 Å². The zero-order valence-corrected chi connectivity index (χ0v) is 9.82. The second kappa shape index (κ2) is 6.24. The lowest BCUT2D eigenvalue weighted by Crippen LogP contribution is -2.29.